The second kappa shape index (κ2) is 5.91. The number of nitrogens with two attached hydrogens (primary N) is 1. The molecule has 3 rings (SSSR count). The number of nitrogens with zero attached hydrogens (tertiary/aromatic N) is 2. The first kappa shape index (κ1) is 12.9. The first-order valence-electron chi connectivity index (χ1n) is 7.81. The van der Waals surface area contributed by atoms with E-state index in [2.05, 4.69) is 16.0 Å². The average molecular weight is 259 g/mol. The molecule has 2 fully saturated rings. The van der Waals surface area contributed by atoms with Crippen LogP contribution in [0.3, 0.4) is 0 Å². The highest BCUT2D eigenvalue weighted by atomic mass is 15.2. The molecular weight excluding hydrogens is 234 g/mol. The Kier molecular flexibility index (Phi) is 4.02. The Balaban J connectivity index is 1.87. The van der Waals surface area contributed by atoms with Gasteiger partial charge in [0, 0.05) is 18.8 Å². The molecule has 1 saturated carbocycles. The van der Waals surface area contributed by atoms with Crippen LogP contribution in [0.5, 0.6) is 0 Å². The molecule has 1 aliphatic heterocycles. The summed E-state index contributed by atoms with van der Waals surface area (Å²) >= 11 is 0. The predicted molar refractivity (Wildman–Crippen MR) is 79.3 cm³/mol. The average Bonchev–Trinajstić information content (AvgIpc) is 2.48. The number of pyridine rings is 1. The summed E-state index contributed by atoms with van der Waals surface area (Å²) in [7, 11) is 0. The van der Waals surface area contributed by atoms with Crippen LogP contribution >= 0.6 is 0 Å². The predicted octanol–water partition coefficient (Wildman–Crippen LogP) is 2.74. The molecule has 2 N–H and O–H groups in total. The zero-order valence-corrected chi connectivity index (χ0v) is 11.7. The SMILES string of the molecule is NCCc1cccnc1N1CCCC2CCCCC21. The van der Waals surface area contributed by atoms with Gasteiger partial charge in [0.05, 0.1) is 0 Å². The van der Waals surface area contributed by atoms with Crippen molar-refractivity contribution in [1.29, 1.82) is 0 Å². The number of aromatic nitrogens is 1. The molecule has 104 valence electrons. The van der Waals surface area contributed by atoms with E-state index in [0.29, 0.717) is 6.54 Å². The maximum atomic E-state index is 5.74. The Hall–Kier alpha value is -1.09. The fourth-order valence-corrected chi connectivity index (χ4v) is 3.93. The van der Waals surface area contributed by atoms with Crippen molar-refractivity contribution in [2.75, 3.05) is 18.0 Å². The summed E-state index contributed by atoms with van der Waals surface area (Å²) in [4.78, 5) is 7.28. The van der Waals surface area contributed by atoms with Gasteiger partial charge in [-0.3, -0.25) is 0 Å². The van der Waals surface area contributed by atoms with Gasteiger partial charge in [-0.15, -0.1) is 0 Å². The maximum Gasteiger partial charge on any atom is 0.132 e. The van der Waals surface area contributed by atoms with Crippen LogP contribution in [0.1, 0.15) is 44.1 Å². The number of fused-ring (bicyclic) bond motifs is 1. The second-order valence-electron chi connectivity index (χ2n) is 5.97. The van der Waals surface area contributed by atoms with Crippen LogP contribution in [0.4, 0.5) is 5.82 Å². The summed E-state index contributed by atoms with van der Waals surface area (Å²) in [5.41, 5.74) is 7.07. The van der Waals surface area contributed by atoms with E-state index < -0.39 is 0 Å². The van der Waals surface area contributed by atoms with E-state index in [1.165, 1.54) is 56.5 Å². The molecule has 1 aromatic rings. The molecule has 1 aromatic heterocycles. The quantitative estimate of drug-likeness (QED) is 0.907. The lowest BCUT2D eigenvalue weighted by atomic mass is 9.78. The van der Waals surface area contributed by atoms with E-state index in [0.717, 1.165) is 18.4 Å². The van der Waals surface area contributed by atoms with E-state index >= 15 is 0 Å². The number of piperidine rings is 1. The molecule has 0 bridgehead atoms. The van der Waals surface area contributed by atoms with Gasteiger partial charge >= 0.3 is 0 Å². The van der Waals surface area contributed by atoms with E-state index in [4.69, 9.17) is 5.73 Å². The minimum Gasteiger partial charge on any atom is -0.353 e. The molecule has 2 aliphatic rings. The van der Waals surface area contributed by atoms with Crippen molar-refractivity contribution in [3.8, 4) is 0 Å². The Morgan fingerprint density at radius 2 is 2.05 bits per heavy atom. The van der Waals surface area contributed by atoms with Crippen LogP contribution in [-0.2, 0) is 6.42 Å². The Labute approximate surface area is 116 Å². The summed E-state index contributed by atoms with van der Waals surface area (Å²) in [5.74, 6) is 2.11. The molecule has 0 spiro atoms. The van der Waals surface area contributed by atoms with E-state index in [1.54, 1.807) is 0 Å². The van der Waals surface area contributed by atoms with E-state index in [9.17, 15) is 0 Å². The third-order valence-corrected chi connectivity index (χ3v) is 4.80. The van der Waals surface area contributed by atoms with Crippen LogP contribution < -0.4 is 10.6 Å². The summed E-state index contributed by atoms with van der Waals surface area (Å²) in [6.07, 6.45) is 11.2. The first-order valence-corrected chi connectivity index (χ1v) is 7.81. The van der Waals surface area contributed by atoms with Crippen LogP contribution in [0.2, 0.25) is 0 Å². The van der Waals surface area contributed by atoms with Crippen LogP contribution in [0, 0.1) is 5.92 Å². The summed E-state index contributed by atoms with van der Waals surface area (Å²) in [5, 5.41) is 0. The molecule has 1 aliphatic carbocycles. The van der Waals surface area contributed by atoms with Gasteiger partial charge < -0.3 is 10.6 Å². The molecule has 3 nitrogen and oxygen atoms in total. The normalized spacial score (nSPS) is 27.1. The van der Waals surface area contributed by atoms with Gasteiger partial charge in [-0.05, 0) is 56.2 Å². The fraction of sp³-hybridized carbons (Fsp3) is 0.688. The van der Waals surface area contributed by atoms with E-state index in [-0.39, 0.29) is 0 Å². The molecule has 2 heterocycles. The molecule has 3 heteroatoms. The Bertz CT molecular complexity index is 416. The first-order chi connectivity index (χ1) is 9.40. The Morgan fingerprint density at radius 1 is 1.21 bits per heavy atom. The number of hydrogen-bond acceptors (Lipinski definition) is 3. The summed E-state index contributed by atoms with van der Waals surface area (Å²) in [6.45, 7) is 1.89. The van der Waals surface area contributed by atoms with Gasteiger partial charge in [0.25, 0.3) is 0 Å². The van der Waals surface area contributed by atoms with Gasteiger partial charge in [0.15, 0.2) is 0 Å². The minimum atomic E-state index is 0.709. The third kappa shape index (κ3) is 2.62. The lowest BCUT2D eigenvalue weighted by Crippen LogP contribution is -2.47. The van der Waals surface area contributed by atoms with Gasteiger partial charge in [0.1, 0.15) is 5.82 Å². The zero-order valence-electron chi connectivity index (χ0n) is 11.7. The third-order valence-electron chi connectivity index (χ3n) is 4.80. The number of hydrogen-bond donors (Lipinski definition) is 1. The smallest absolute Gasteiger partial charge is 0.132 e. The lowest BCUT2D eigenvalue weighted by Gasteiger charge is -2.45. The minimum absolute atomic E-state index is 0.709. The van der Waals surface area contributed by atoms with Gasteiger partial charge in [-0.25, -0.2) is 4.98 Å². The highest BCUT2D eigenvalue weighted by Gasteiger charge is 2.34. The van der Waals surface area contributed by atoms with Crippen LogP contribution in [-0.4, -0.2) is 24.1 Å². The van der Waals surface area contributed by atoms with Crippen molar-refractivity contribution in [2.45, 2.75) is 51.0 Å². The van der Waals surface area contributed by atoms with Crippen LogP contribution in [0.25, 0.3) is 0 Å². The topological polar surface area (TPSA) is 42.1 Å². The Morgan fingerprint density at radius 3 is 2.95 bits per heavy atom. The maximum absolute atomic E-state index is 5.74. The second-order valence-corrected chi connectivity index (χ2v) is 5.97. The standard InChI is InChI=1S/C16H25N3/c17-10-9-14-6-3-11-18-16(14)19-12-4-7-13-5-1-2-8-15(13)19/h3,6,11,13,15H,1-2,4-5,7-10,12,17H2. The molecule has 1 saturated heterocycles. The van der Waals surface area contributed by atoms with Crippen molar-refractivity contribution in [3.05, 3.63) is 23.9 Å². The van der Waals surface area contributed by atoms with Gasteiger partial charge in [-0.2, -0.15) is 0 Å². The highest BCUT2D eigenvalue weighted by Crippen LogP contribution is 2.37. The van der Waals surface area contributed by atoms with Crippen LogP contribution in [0.15, 0.2) is 18.3 Å². The zero-order chi connectivity index (χ0) is 13.1. The van der Waals surface area contributed by atoms with Crippen molar-refractivity contribution in [2.24, 2.45) is 11.7 Å². The molecule has 0 aromatic carbocycles. The molecule has 2 unspecified atom stereocenters. The summed E-state index contributed by atoms with van der Waals surface area (Å²) < 4.78 is 0. The van der Waals surface area contributed by atoms with Gasteiger partial charge in [0.2, 0.25) is 0 Å². The number of anilines is 1. The van der Waals surface area contributed by atoms with E-state index in [1.807, 2.05) is 12.3 Å². The fourth-order valence-electron chi connectivity index (χ4n) is 3.93. The molecule has 19 heavy (non-hydrogen) atoms. The van der Waals surface area contributed by atoms with Gasteiger partial charge in [-0.1, -0.05) is 18.9 Å². The molecule has 0 amide bonds. The monoisotopic (exact) mass is 259 g/mol. The molecule has 2 atom stereocenters. The number of rotatable bonds is 3. The van der Waals surface area contributed by atoms with Crippen molar-refractivity contribution >= 4 is 5.82 Å². The van der Waals surface area contributed by atoms with Crippen molar-refractivity contribution in [1.82, 2.24) is 4.98 Å². The van der Waals surface area contributed by atoms with Crippen molar-refractivity contribution in [3.63, 3.8) is 0 Å². The lowest BCUT2D eigenvalue weighted by molar-refractivity contribution is 0.242. The highest BCUT2D eigenvalue weighted by molar-refractivity contribution is 5.48. The van der Waals surface area contributed by atoms with Crippen molar-refractivity contribution < 1.29 is 0 Å². The largest absolute Gasteiger partial charge is 0.353 e. The molecule has 0 radical (unpaired) electrons. The summed E-state index contributed by atoms with van der Waals surface area (Å²) in [6, 6.07) is 4.97. The molecular formula is C16H25N3.